The smallest absolute Gasteiger partial charge is 0.294 e. The van der Waals surface area contributed by atoms with Crippen LogP contribution in [0.5, 0.6) is 11.5 Å². The predicted octanol–water partition coefficient (Wildman–Crippen LogP) is 1.96. The first kappa shape index (κ1) is 20.3. The Kier molecular flexibility index (Phi) is 7.06. The monoisotopic (exact) mass is 444 g/mol. The number of hydrogen-bond acceptors (Lipinski definition) is 7. The lowest BCUT2D eigenvalue weighted by Gasteiger charge is -2.12. The summed E-state index contributed by atoms with van der Waals surface area (Å²) in [5, 5.41) is 11.8. The standard InChI is InChI=1S/C16H17BrN2O6S/c1-24-4-3-18-14(21)8-19-15(22)13(26-16(19)23)6-9-5-12(25-2)11(20)7-10(9)17/h5-7,20H,3-4,8H2,1-2H3,(H,18,21)/b13-6-. The molecule has 8 nitrogen and oxygen atoms in total. The number of carbonyl (C=O) groups is 3. The van der Waals surface area contributed by atoms with Gasteiger partial charge in [0.25, 0.3) is 11.1 Å². The Morgan fingerprint density at radius 1 is 1.38 bits per heavy atom. The van der Waals surface area contributed by atoms with Crippen LogP contribution in [0.4, 0.5) is 4.79 Å². The molecule has 2 N–H and O–H groups in total. The highest BCUT2D eigenvalue weighted by atomic mass is 79.9. The van der Waals surface area contributed by atoms with Crippen LogP contribution in [0.25, 0.3) is 6.08 Å². The summed E-state index contributed by atoms with van der Waals surface area (Å²) in [6, 6.07) is 2.96. The Balaban J connectivity index is 2.15. The molecule has 0 bridgehead atoms. The lowest BCUT2D eigenvalue weighted by Crippen LogP contribution is -2.40. The van der Waals surface area contributed by atoms with Crippen molar-refractivity contribution in [2.45, 2.75) is 0 Å². The molecule has 1 saturated heterocycles. The van der Waals surface area contributed by atoms with Crippen LogP contribution in [0, 0.1) is 0 Å². The normalized spacial score (nSPS) is 15.7. The minimum absolute atomic E-state index is 0.0580. The van der Waals surface area contributed by atoms with Crippen LogP contribution in [0.2, 0.25) is 0 Å². The molecule has 1 aliphatic rings. The second kappa shape index (κ2) is 9.06. The number of hydrogen-bond donors (Lipinski definition) is 2. The Labute approximate surface area is 162 Å². The molecule has 140 valence electrons. The zero-order valence-corrected chi connectivity index (χ0v) is 16.5. The summed E-state index contributed by atoms with van der Waals surface area (Å²) in [6.45, 7) is 0.275. The maximum atomic E-state index is 12.4. The van der Waals surface area contributed by atoms with Crippen molar-refractivity contribution >= 4 is 50.8 Å². The first-order valence-corrected chi connectivity index (χ1v) is 9.05. The van der Waals surface area contributed by atoms with Gasteiger partial charge in [0, 0.05) is 18.1 Å². The van der Waals surface area contributed by atoms with Gasteiger partial charge in [-0.1, -0.05) is 15.9 Å². The predicted molar refractivity (Wildman–Crippen MR) is 99.9 cm³/mol. The highest BCUT2D eigenvalue weighted by Crippen LogP contribution is 2.37. The molecule has 0 aliphatic carbocycles. The van der Waals surface area contributed by atoms with Crippen LogP contribution in [-0.2, 0) is 14.3 Å². The van der Waals surface area contributed by atoms with Crippen LogP contribution in [0.1, 0.15) is 5.56 Å². The molecule has 0 atom stereocenters. The number of nitrogens with zero attached hydrogens (tertiary/aromatic N) is 1. The topological polar surface area (TPSA) is 105 Å². The molecule has 1 aliphatic heterocycles. The minimum Gasteiger partial charge on any atom is -0.504 e. The maximum absolute atomic E-state index is 12.4. The number of aromatic hydroxyl groups is 1. The van der Waals surface area contributed by atoms with Crippen molar-refractivity contribution in [3.05, 3.63) is 27.1 Å². The van der Waals surface area contributed by atoms with Gasteiger partial charge in [0.1, 0.15) is 6.54 Å². The van der Waals surface area contributed by atoms with Crippen LogP contribution < -0.4 is 10.1 Å². The Bertz CT molecular complexity index is 767. The maximum Gasteiger partial charge on any atom is 0.294 e. The van der Waals surface area contributed by atoms with E-state index in [1.54, 1.807) is 0 Å². The van der Waals surface area contributed by atoms with Gasteiger partial charge in [-0.25, -0.2) is 0 Å². The third kappa shape index (κ3) is 4.77. The number of carbonyl (C=O) groups excluding carboxylic acids is 3. The largest absolute Gasteiger partial charge is 0.504 e. The first-order chi connectivity index (χ1) is 12.4. The molecule has 0 aromatic heterocycles. The summed E-state index contributed by atoms with van der Waals surface area (Å²) in [5.74, 6) is -0.826. The number of phenols is 1. The number of thioether (sulfide) groups is 1. The molecule has 1 heterocycles. The van der Waals surface area contributed by atoms with Crippen molar-refractivity contribution in [2.24, 2.45) is 0 Å². The zero-order valence-electron chi connectivity index (χ0n) is 14.1. The van der Waals surface area contributed by atoms with Crippen LogP contribution >= 0.6 is 27.7 Å². The highest BCUT2D eigenvalue weighted by Gasteiger charge is 2.36. The summed E-state index contributed by atoms with van der Waals surface area (Å²) in [6.07, 6.45) is 1.50. The number of benzene rings is 1. The first-order valence-electron chi connectivity index (χ1n) is 7.45. The van der Waals surface area contributed by atoms with Gasteiger partial charge in [0.15, 0.2) is 11.5 Å². The van der Waals surface area contributed by atoms with E-state index in [1.165, 1.54) is 32.4 Å². The van der Waals surface area contributed by atoms with Gasteiger partial charge in [-0.2, -0.15) is 0 Å². The summed E-state index contributed by atoms with van der Waals surface area (Å²) >= 11 is 4.03. The van der Waals surface area contributed by atoms with E-state index in [0.29, 0.717) is 23.2 Å². The minimum atomic E-state index is -0.555. The zero-order chi connectivity index (χ0) is 19.3. The van der Waals surface area contributed by atoms with Crippen molar-refractivity contribution in [2.75, 3.05) is 33.9 Å². The van der Waals surface area contributed by atoms with Crippen molar-refractivity contribution in [3.8, 4) is 11.5 Å². The third-order valence-corrected chi connectivity index (χ3v) is 4.98. The summed E-state index contributed by atoms with van der Waals surface area (Å²) in [5.41, 5.74) is 0.551. The van der Waals surface area contributed by atoms with E-state index in [-0.39, 0.29) is 22.9 Å². The van der Waals surface area contributed by atoms with Gasteiger partial charge in [-0.05, 0) is 35.5 Å². The van der Waals surface area contributed by atoms with Crippen molar-refractivity contribution in [1.29, 1.82) is 0 Å². The molecule has 0 saturated carbocycles. The van der Waals surface area contributed by atoms with E-state index in [1.807, 2.05) is 0 Å². The van der Waals surface area contributed by atoms with E-state index in [2.05, 4.69) is 21.2 Å². The van der Waals surface area contributed by atoms with Gasteiger partial charge in [-0.3, -0.25) is 19.3 Å². The van der Waals surface area contributed by atoms with E-state index >= 15 is 0 Å². The van der Waals surface area contributed by atoms with Gasteiger partial charge < -0.3 is 19.9 Å². The fourth-order valence-corrected chi connectivity index (χ4v) is 3.38. The summed E-state index contributed by atoms with van der Waals surface area (Å²) < 4.78 is 10.4. The van der Waals surface area contributed by atoms with Gasteiger partial charge >= 0.3 is 0 Å². The number of imide groups is 1. The van der Waals surface area contributed by atoms with Gasteiger partial charge in [0.2, 0.25) is 5.91 Å². The molecule has 1 aromatic carbocycles. The van der Waals surface area contributed by atoms with Crippen molar-refractivity contribution in [3.63, 3.8) is 0 Å². The molecule has 0 unspecified atom stereocenters. The number of methoxy groups -OCH3 is 2. The second-order valence-corrected chi connectivity index (χ2v) is 7.00. The lowest BCUT2D eigenvalue weighted by molar-refractivity contribution is -0.129. The van der Waals surface area contributed by atoms with Crippen molar-refractivity contribution in [1.82, 2.24) is 10.2 Å². The molecule has 3 amide bonds. The van der Waals surface area contributed by atoms with Crippen LogP contribution in [-0.4, -0.2) is 61.0 Å². The Morgan fingerprint density at radius 2 is 2.12 bits per heavy atom. The molecule has 2 rings (SSSR count). The van der Waals surface area contributed by atoms with Gasteiger partial charge in [0.05, 0.1) is 18.6 Å². The Morgan fingerprint density at radius 3 is 2.77 bits per heavy atom. The Hall–Kier alpha value is -2.04. The van der Waals surface area contributed by atoms with Crippen LogP contribution in [0.3, 0.4) is 0 Å². The quantitative estimate of drug-likeness (QED) is 0.488. The number of nitrogens with one attached hydrogen (secondary N) is 1. The molecular formula is C16H17BrN2O6S. The molecule has 1 aromatic rings. The molecule has 10 heteroatoms. The lowest BCUT2D eigenvalue weighted by atomic mass is 10.2. The van der Waals surface area contributed by atoms with E-state index < -0.39 is 17.1 Å². The fourth-order valence-electron chi connectivity index (χ4n) is 2.10. The van der Waals surface area contributed by atoms with E-state index in [4.69, 9.17) is 9.47 Å². The number of amides is 3. The number of phenolic OH excluding ortho intramolecular Hbond substituents is 1. The number of ether oxygens (including phenoxy) is 2. The number of halogens is 1. The summed E-state index contributed by atoms with van der Waals surface area (Å²) in [7, 11) is 2.91. The highest BCUT2D eigenvalue weighted by molar-refractivity contribution is 9.10. The van der Waals surface area contributed by atoms with Gasteiger partial charge in [-0.15, -0.1) is 0 Å². The molecule has 0 radical (unpaired) electrons. The molecule has 1 fully saturated rings. The average Bonchev–Trinajstić information content (AvgIpc) is 2.85. The SMILES string of the molecule is COCCNC(=O)CN1C(=O)S/C(=C\c2cc(OC)c(O)cc2Br)C1=O. The fraction of sp³-hybridized carbons (Fsp3) is 0.312. The molecule has 0 spiro atoms. The van der Waals surface area contributed by atoms with E-state index in [9.17, 15) is 19.5 Å². The van der Waals surface area contributed by atoms with Crippen LogP contribution in [0.15, 0.2) is 21.5 Å². The number of rotatable bonds is 7. The summed E-state index contributed by atoms with van der Waals surface area (Å²) in [4.78, 5) is 37.4. The second-order valence-electron chi connectivity index (χ2n) is 5.16. The van der Waals surface area contributed by atoms with Crippen molar-refractivity contribution < 1.29 is 29.0 Å². The average molecular weight is 445 g/mol. The third-order valence-electron chi connectivity index (χ3n) is 3.39. The van der Waals surface area contributed by atoms with E-state index in [0.717, 1.165) is 16.7 Å². The molecular weight excluding hydrogens is 428 g/mol. The molecule has 26 heavy (non-hydrogen) atoms.